The second-order valence-corrected chi connectivity index (χ2v) is 6.39. The van der Waals surface area contributed by atoms with Crippen LogP contribution >= 0.6 is 0 Å². The Morgan fingerprint density at radius 1 is 1.27 bits per heavy atom. The maximum Gasteiger partial charge on any atom is 0.223 e. The Balaban J connectivity index is 2.15. The van der Waals surface area contributed by atoms with Crippen LogP contribution in [0.25, 0.3) is 0 Å². The highest BCUT2D eigenvalue weighted by Gasteiger charge is 2.09. The van der Waals surface area contributed by atoms with Crippen LogP contribution in [0.1, 0.15) is 17.1 Å². The van der Waals surface area contributed by atoms with Crippen LogP contribution in [0, 0.1) is 18.3 Å². The zero-order chi connectivity index (χ0) is 16.2. The van der Waals surface area contributed by atoms with Crippen molar-refractivity contribution in [3.8, 4) is 17.7 Å². The Morgan fingerprint density at radius 3 is 2.55 bits per heavy atom. The molecule has 0 unspecified atom stereocenters. The molecule has 1 heterocycles. The van der Waals surface area contributed by atoms with Gasteiger partial charge in [0.15, 0.2) is 0 Å². The van der Waals surface area contributed by atoms with Crippen molar-refractivity contribution in [1.29, 1.82) is 5.26 Å². The van der Waals surface area contributed by atoms with Crippen molar-refractivity contribution in [2.45, 2.75) is 12.7 Å². The molecule has 0 radical (unpaired) electrons. The van der Waals surface area contributed by atoms with Gasteiger partial charge in [-0.15, -0.1) is 0 Å². The molecule has 0 atom stereocenters. The minimum Gasteiger partial charge on any atom is -0.439 e. The third kappa shape index (κ3) is 4.25. The van der Waals surface area contributed by atoms with Crippen molar-refractivity contribution >= 4 is 10.0 Å². The molecule has 0 aliphatic rings. The molecule has 1 N–H and O–H groups in total. The van der Waals surface area contributed by atoms with E-state index in [1.54, 1.807) is 31.2 Å². The van der Waals surface area contributed by atoms with Crippen LogP contribution in [-0.2, 0) is 15.8 Å². The molecule has 0 bridgehead atoms. The van der Waals surface area contributed by atoms with Crippen molar-refractivity contribution < 1.29 is 13.2 Å². The number of rotatable bonds is 5. The van der Waals surface area contributed by atoms with Crippen LogP contribution in [0.4, 0.5) is 0 Å². The van der Waals surface area contributed by atoms with Gasteiger partial charge in [-0.3, -0.25) is 0 Å². The van der Waals surface area contributed by atoms with Gasteiger partial charge in [-0.2, -0.15) is 10.2 Å². The maximum atomic E-state index is 11.5. The van der Waals surface area contributed by atoms with E-state index in [1.165, 1.54) is 13.1 Å². The topological polar surface area (TPSA) is 105 Å². The summed E-state index contributed by atoms with van der Waals surface area (Å²) < 4.78 is 30.7. The first-order valence-corrected chi connectivity index (χ1v) is 8.01. The number of benzene rings is 1. The summed E-state index contributed by atoms with van der Waals surface area (Å²) >= 11 is 0. The van der Waals surface area contributed by atoms with Gasteiger partial charge in [-0.1, -0.05) is 12.1 Å². The van der Waals surface area contributed by atoms with E-state index in [0.717, 1.165) is 0 Å². The highest BCUT2D eigenvalue weighted by atomic mass is 32.2. The summed E-state index contributed by atoms with van der Waals surface area (Å²) in [6.07, 6.45) is 0. The minimum atomic E-state index is -3.31. The van der Waals surface area contributed by atoms with Gasteiger partial charge in [0, 0.05) is 6.07 Å². The van der Waals surface area contributed by atoms with Crippen molar-refractivity contribution in [2.75, 3.05) is 7.05 Å². The van der Waals surface area contributed by atoms with Gasteiger partial charge in [-0.25, -0.2) is 18.1 Å². The number of sulfonamides is 1. The Morgan fingerprint density at radius 2 is 1.95 bits per heavy atom. The van der Waals surface area contributed by atoms with E-state index in [0.29, 0.717) is 17.1 Å². The Kier molecular flexibility index (Phi) is 4.70. The lowest BCUT2D eigenvalue weighted by atomic mass is 10.2. The average Bonchev–Trinajstić information content (AvgIpc) is 2.48. The normalized spacial score (nSPS) is 11.0. The van der Waals surface area contributed by atoms with E-state index in [2.05, 4.69) is 14.7 Å². The summed E-state index contributed by atoms with van der Waals surface area (Å²) in [5.41, 5.74) is 0.859. The SMILES string of the molecule is CNS(=O)(=O)Cc1ccc(Oc2cc(C#N)nc(C)n2)cc1. The summed E-state index contributed by atoms with van der Waals surface area (Å²) in [6, 6.07) is 9.97. The molecule has 0 amide bonds. The van der Waals surface area contributed by atoms with Gasteiger partial charge in [0.1, 0.15) is 23.3 Å². The smallest absolute Gasteiger partial charge is 0.223 e. The lowest BCUT2D eigenvalue weighted by Gasteiger charge is -2.07. The molecule has 1 aromatic carbocycles. The minimum absolute atomic E-state index is 0.102. The first-order valence-electron chi connectivity index (χ1n) is 6.35. The molecule has 114 valence electrons. The van der Waals surface area contributed by atoms with Gasteiger partial charge in [-0.05, 0) is 31.7 Å². The van der Waals surface area contributed by atoms with E-state index in [4.69, 9.17) is 10.00 Å². The molecule has 2 aromatic rings. The fraction of sp³-hybridized carbons (Fsp3) is 0.214. The molecule has 0 saturated carbocycles. The van der Waals surface area contributed by atoms with Gasteiger partial charge in [0.2, 0.25) is 15.9 Å². The first-order chi connectivity index (χ1) is 10.4. The molecule has 0 saturated heterocycles. The van der Waals surface area contributed by atoms with Gasteiger partial charge < -0.3 is 4.74 Å². The molecule has 8 heteroatoms. The number of hydrogen-bond donors (Lipinski definition) is 1. The molecule has 7 nitrogen and oxygen atoms in total. The van der Waals surface area contributed by atoms with Crippen molar-refractivity contribution in [2.24, 2.45) is 0 Å². The summed E-state index contributed by atoms with van der Waals surface area (Å²) in [7, 11) is -1.93. The number of nitrogens with one attached hydrogen (secondary N) is 1. The summed E-state index contributed by atoms with van der Waals surface area (Å²) in [5.74, 6) is 1.09. The molecule has 22 heavy (non-hydrogen) atoms. The first kappa shape index (κ1) is 15.9. The molecule has 0 aliphatic carbocycles. The third-order valence-electron chi connectivity index (χ3n) is 2.74. The van der Waals surface area contributed by atoms with Crippen LogP contribution in [0.2, 0.25) is 0 Å². The van der Waals surface area contributed by atoms with Gasteiger partial charge >= 0.3 is 0 Å². The van der Waals surface area contributed by atoms with Crippen LogP contribution in [-0.4, -0.2) is 25.4 Å². The highest BCUT2D eigenvalue weighted by molar-refractivity contribution is 7.88. The van der Waals surface area contributed by atoms with E-state index in [9.17, 15) is 8.42 Å². The Hall–Kier alpha value is -2.50. The number of aryl methyl sites for hydroxylation is 1. The summed E-state index contributed by atoms with van der Waals surface area (Å²) in [4.78, 5) is 8.01. The third-order valence-corrected chi connectivity index (χ3v) is 4.08. The summed E-state index contributed by atoms with van der Waals surface area (Å²) in [6.45, 7) is 1.67. The molecule has 0 fully saturated rings. The molecular formula is C14H14N4O3S. The second kappa shape index (κ2) is 6.51. The second-order valence-electron chi connectivity index (χ2n) is 4.46. The number of nitriles is 1. The Labute approximate surface area is 128 Å². The summed E-state index contributed by atoms with van der Waals surface area (Å²) in [5, 5.41) is 8.86. The van der Waals surface area contributed by atoms with Crippen LogP contribution in [0.5, 0.6) is 11.6 Å². The molecule has 0 aliphatic heterocycles. The predicted molar refractivity (Wildman–Crippen MR) is 79.7 cm³/mol. The van der Waals surface area contributed by atoms with Crippen molar-refractivity contribution in [3.05, 3.63) is 47.4 Å². The molecular weight excluding hydrogens is 304 g/mol. The lowest BCUT2D eigenvalue weighted by molar-refractivity contribution is 0.459. The number of aromatic nitrogens is 2. The zero-order valence-electron chi connectivity index (χ0n) is 12.1. The van der Waals surface area contributed by atoms with E-state index in [-0.39, 0.29) is 17.3 Å². The predicted octanol–water partition coefficient (Wildman–Crippen LogP) is 1.50. The Bertz CT molecular complexity index is 811. The van der Waals surface area contributed by atoms with Crippen LogP contribution in [0.3, 0.4) is 0 Å². The monoisotopic (exact) mass is 318 g/mol. The largest absolute Gasteiger partial charge is 0.439 e. The fourth-order valence-corrected chi connectivity index (χ4v) is 2.49. The standard InChI is InChI=1S/C14H14N4O3S/c1-10-17-12(8-15)7-14(18-10)21-13-5-3-11(4-6-13)9-22(19,20)16-2/h3-7,16H,9H2,1-2H3. The van der Waals surface area contributed by atoms with Crippen LogP contribution < -0.4 is 9.46 Å². The lowest BCUT2D eigenvalue weighted by Crippen LogP contribution is -2.20. The number of ether oxygens (including phenoxy) is 1. The average molecular weight is 318 g/mol. The fourth-order valence-electron chi connectivity index (χ4n) is 1.72. The zero-order valence-corrected chi connectivity index (χ0v) is 12.9. The molecule has 0 spiro atoms. The number of hydrogen-bond acceptors (Lipinski definition) is 6. The highest BCUT2D eigenvalue weighted by Crippen LogP contribution is 2.21. The molecule has 2 rings (SSSR count). The van der Waals surface area contributed by atoms with E-state index in [1.807, 2.05) is 6.07 Å². The van der Waals surface area contributed by atoms with E-state index >= 15 is 0 Å². The number of nitrogens with zero attached hydrogens (tertiary/aromatic N) is 3. The van der Waals surface area contributed by atoms with Gasteiger partial charge in [0.05, 0.1) is 5.75 Å². The maximum absolute atomic E-state index is 11.5. The van der Waals surface area contributed by atoms with E-state index < -0.39 is 10.0 Å². The van der Waals surface area contributed by atoms with Crippen molar-refractivity contribution in [3.63, 3.8) is 0 Å². The quantitative estimate of drug-likeness (QED) is 0.895. The van der Waals surface area contributed by atoms with Crippen molar-refractivity contribution in [1.82, 2.24) is 14.7 Å². The van der Waals surface area contributed by atoms with Crippen LogP contribution in [0.15, 0.2) is 30.3 Å². The molecule has 1 aromatic heterocycles. The van der Waals surface area contributed by atoms with Gasteiger partial charge in [0.25, 0.3) is 0 Å².